The molecule has 1 amide bonds. The molecule has 2 N–H and O–H groups in total. The first-order chi connectivity index (χ1) is 9.84. The Morgan fingerprint density at radius 2 is 1.75 bits per heavy atom. The number of nitrogens with one attached hydrogen (secondary N) is 2. The molecule has 0 saturated heterocycles. The van der Waals surface area contributed by atoms with E-state index in [0.717, 1.165) is 12.1 Å². The van der Waals surface area contributed by atoms with Gasteiger partial charge in [0, 0.05) is 25.6 Å². The summed E-state index contributed by atoms with van der Waals surface area (Å²) < 4.78 is 0. The summed E-state index contributed by atoms with van der Waals surface area (Å²) in [5, 5.41) is 6.50. The van der Waals surface area contributed by atoms with Gasteiger partial charge in [-0.15, -0.1) is 0 Å². The van der Waals surface area contributed by atoms with Gasteiger partial charge in [-0.05, 0) is 18.4 Å². The minimum atomic E-state index is 0.134. The van der Waals surface area contributed by atoms with Crippen molar-refractivity contribution in [1.82, 2.24) is 10.6 Å². The quantitative estimate of drug-likeness (QED) is 0.783. The fourth-order valence-corrected chi connectivity index (χ4v) is 2.76. The molecule has 2 rings (SSSR count). The van der Waals surface area contributed by atoms with Crippen LogP contribution in [0.25, 0.3) is 0 Å². The first kappa shape index (κ1) is 15.0. The molecule has 0 aliphatic heterocycles. The maximum atomic E-state index is 11.8. The van der Waals surface area contributed by atoms with E-state index in [1.807, 2.05) is 30.3 Å². The van der Waals surface area contributed by atoms with Crippen molar-refractivity contribution in [1.29, 1.82) is 0 Å². The van der Waals surface area contributed by atoms with Gasteiger partial charge in [0.1, 0.15) is 0 Å². The van der Waals surface area contributed by atoms with Crippen LogP contribution in [0.1, 0.15) is 50.5 Å². The number of rotatable bonds is 6. The molecule has 1 aromatic carbocycles. The Morgan fingerprint density at radius 1 is 1.05 bits per heavy atom. The topological polar surface area (TPSA) is 41.1 Å². The molecule has 0 heterocycles. The Kier molecular flexibility index (Phi) is 6.58. The fourth-order valence-electron chi connectivity index (χ4n) is 2.76. The van der Waals surface area contributed by atoms with Crippen LogP contribution in [-0.4, -0.2) is 18.5 Å². The van der Waals surface area contributed by atoms with Crippen LogP contribution < -0.4 is 10.6 Å². The molecule has 3 nitrogen and oxygen atoms in total. The minimum absolute atomic E-state index is 0.134. The van der Waals surface area contributed by atoms with E-state index < -0.39 is 0 Å². The minimum Gasteiger partial charge on any atom is -0.352 e. The molecule has 1 aliphatic carbocycles. The van der Waals surface area contributed by atoms with Gasteiger partial charge in [0.25, 0.3) is 0 Å². The molecule has 0 bridgehead atoms. The number of hydrogen-bond donors (Lipinski definition) is 2. The highest BCUT2D eigenvalue weighted by molar-refractivity contribution is 5.76. The van der Waals surface area contributed by atoms with Crippen molar-refractivity contribution in [3.8, 4) is 0 Å². The van der Waals surface area contributed by atoms with E-state index in [-0.39, 0.29) is 5.91 Å². The second-order valence-electron chi connectivity index (χ2n) is 5.65. The van der Waals surface area contributed by atoms with Crippen molar-refractivity contribution in [3.05, 3.63) is 35.9 Å². The molecule has 0 radical (unpaired) electrons. The molecule has 0 atom stereocenters. The zero-order valence-corrected chi connectivity index (χ0v) is 12.2. The predicted octanol–water partition coefficient (Wildman–Crippen LogP) is 3.01. The molecular weight excluding hydrogens is 248 g/mol. The van der Waals surface area contributed by atoms with Crippen molar-refractivity contribution >= 4 is 5.91 Å². The third kappa shape index (κ3) is 5.74. The Bertz CT molecular complexity index is 383. The predicted molar refractivity (Wildman–Crippen MR) is 82.4 cm³/mol. The van der Waals surface area contributed by atoms with Gasteiger partial charge in [-0.3, -0.25) is 4.79 Å². The van der Waals surface area contributed by atoms with E-state index in [9.17, 15) is 4.79 Å². The van der Waals surface area contributed by atoms with Gasteiger partial charge >= 0.3 is 0 Å². The smallest absolute Gasteiger partial charge is 0.221 e. The molecule has 110 valence electrons. The van der Waals surface area contributed by atoms with E-state index >= 15 is 0 Å². The van der Waals surface area contributed by atoms with Crippen molar-refractivity contribution < 1.29 is 4.79 Å². The molecule has 1 aromatic rings. The summed E-state index contributed by atoms with van der Waals surface area (Å²) in [5.41, 5.74) is 1.15. The third-order valence-corrected chi connectivity index (χ3v) is 3.97. The summed E-state index contributed by atoms with van der Waals surface area (Å²) in [6.07, 6.45) is 8.52. The number of benzene rings is 1. The average Bonchev–Trinajstić information content (AvgIpc) is 2.75. The van der Waals surface area contributed by atoms with Crippen LogP contribution in [0.2, 0.25) is 0 Å². The van der Waals surface area contributed by atoms with Gasteiger partial charge in [0.05, 0.1) is 0 Å². The van der Waals surface area contributed by atoms with E-state index in [0.29, 0.717) is 19.0 Å². The Balaban J connectivity index is 1.58. The second kappa shape index (κ2) is 8.75. The summed E-state index contributed by atoms with van der Waals surface area (Å²) >= 11 is 0. The third-order valence-electron chi connectivity index (χ3n) is 3.97. The van der Waals surface area contributed by atoms with E-state index in [1.54, 1.807) is 0 Å². The van der Waals surface area contributed by atoms with Gasteiger partial charge in [-0.1, -0.05) is 56.0 Å². The largest absolute Gasteiger partial charge is 0.352 e. The van der Waals surface area contributed by atoms with Crippen LogP contribution in [0.4, 0.5) is 0 Å². The van der Waals surface area contributed by atoms with Crippen LogP contribution in [0.5, 0.6) is 0 Å². The van der Waals surface area contributed by atoms with E-state index in [1.165, 1.54) is 38.5 Å². The highest BCUT2D eigenvalue weighted by Gasteiger charge is 2.11. The first-order valence-electron chi connectivity index (χ1n) is 7.88. The molecule has 20 heavy (non-hydrogen) atoms. The van der Waals surface area contributed by atoms with Crippen molar-refractivity contribution in [3.63, 3.8) is 0 Å². The Morgan fingerprint density at radius 3 is 2.45 bits per heavy atom. The van der Waals surface area contributed by atoms with E-state index in [2.05, 4.69) is 10.6 Å². The molecule has 1 aliphatic rings. The Hall–Kier alpha value is -1.35. The van der Waals surface area contributed by atoms with Crippen LogP contribution >= 0.6 is 0 Å². The molecule has 1 fully saturated rings. The van der Waals surface area contributed by atoms with Crippen LogP contribution in [0.3, 0.4) is 0 Å². The average molecular weight is 274 g/mol. The summed E-state index contributed by atoms with van der Waals surface area (Å²) in [5.74, 6) is 0.134. The fraction of sp³-hybridized carbons (Fsp3) is 0.588. The van der Waals surface area contributed by atoms with Gasteiger partial charge in [0.2, 0.25) is 5.91 Å². The summed E-state index contributed by atoms with van der Waals surface area (Å²) in [7, 11) is 0. The molecule has 3 heteroatoms. The molecule has 1 saturated carbocycles. The lowest BCUT2D eigenvalue weighted by Crippen LogP contribution is -2.33. The summed E-state index contributed by atoms with van der Waals surface area (Å²) in [4.78, 5) is 11.8. The van der Waals surface area contributed by atoms with Crippen molar-refractivity contribution in [2.75, 3.05) is 6.54 Å². The normalized spacial score (nSPS) is 16.6. The zero-order chi connectivity index (χ0) is 14.0. The summed E-state index contributed by atoms with van der Waals surface area (Å²) in [6, 6.07) is 10.7. The van der Waals surface area contributed by atoms with Crippen LogP contribution in [0, 0.1) is 0 Å². The zero-order valence-electron chi connectivity index (χ0n) is 12.2. The monoisotopic (exact) mass is 274 g/mol. The molecule has 0 unspecified atom stereocenters. The van der Waals surface area contributed by atoms with E-state index in [4.69, 9.17) is 0 Å². The van der Waals surface area contributed by atoms with Gasteiger partial charge in [0.15, 0.2) is 0 Å². The standard InChI is InChI=1S/C17H26N2O/c20-17(19-14-15-8-4-3-5-9-15)12-13-18-16-10-6-1-2-7-11-16/h3-5,8-9,16,18H,1-2,6-7,10-14H2,(H,19,20). The van der Waals surface area contributed by atoms with Crippen LogP contribution in [0.15, 0.2) is 30.3 Å². The SMILES string of the molecule is O=C(CCNC1CCCCCC1)NCc1ccccc1. The highest BCUT2D eigenvalue weighted by Crippen LogP contribution is 2.16. The lowest BCUT2D eigenvalue weighted by molar-refractivity contribution is -0.121. The number of carbonyl (C=O) groups is 1. The summed E-state index contributed by atoms with van der Waals surface area (Å²) in [6.45, 7) is 1.42. The van der Waals surface area contributed by atoms with Gasteiger partial charge in [-0.2, -0.15) is 0 Å². The number of hydrogen-bond acceptors (Lipinski definition) is 2. The highest BCUT2D eigenvalue weighted by atomic mass is 16.1. The van der Waals surface area contributed by atoms with Gasteiger partial charge in [-0.25, -0.2) is 0 Å². The van der Waals surface area contributed by atoms with Crippen molar-refractivity contribution in [2.24, 2.45) is 0 Å². The molecule has 0 spiro atoms. The van der Waals surface area contributed by atoms with Gasteiger partial charge < -0.3 is 10.6 Å². The second-order valence-corrected chi connectivity index (χ2v) is 5.65. The maximum absolute atomic E-state index is 11.8. The van der Waals surface area contributed by atoms with Crippen molar-refractivity contribution in [2.45, 2.75) is 57.5 Å². The molecular formula is C17H26N2O. The number of carbonyl (C=O) groups excluding carboxylic acids is 1. The number of amides is 1. The Labute approximate surface area is 122 Å². The van der Waals surface area contributed by atoms with Crippen LogP contribution in [-0.2, 0) is 11.3 Å². The molecule has 0 aromatic heterocycles. The lowest BCUT2D eigenvalue weighted by atomic mass is 10.1. The lowest BCUT2D eigenvalue weighted by Gasteiger charge is -2.15. The first-order valence-corrected chi connectivity index (χ1v) is 7.88. The maximum Gasteiger partial charge on any atom is 0.221 e.